The van der Waals surface area contributed by atoms with Crippen molar-refractivity contribution in [3.8, 4) is 67.3 Å². The Balaban J connectivity index is 0.853. The largest absolute Gasteiger partial charge is 0.455 e. The molecular weight excluding hydrogens is 816 g/mol. The van der Waals surface area contributed by atoms with Gasteiger partial charge < -0.3 is 9.40 Å². The van der Waals surface area contributed by atoms with E-state index in [1.54, 1.807) is 0 Å². The summed E-state index contributed by atoms with van der Waals surface area (Å²) >= 11 is 6.48. The SMILES string of the molecule is Clc1nc(-c2ccc(-c3ccccc3)cc2)nc(-c2ccc(-c3cccc(-c4ccc5oc6c(-c7cccc8c7[nH]c7cc9ccccc9cc78)c7ccccc7cc6c5c4)c3)cc2)n1. The van der Waals surface area contributed by atoms with E-state index >= 15 is 0 Å². The third kappa shape index (κ3) is 6.36. The van der Waals surface area contributed by atoms with Crippen LogP contribution in [0.4, 0.5) is 0 Å². The molecule has 13 aromatic rings. The number of halogens is 1. The number of aromatic amines is 1. The summed E-state index contributed by atoms with van der Waals surface area (Å²) in [6, 6.07) is 72.6. The Kier molecular flexibility index (Phi) is 8.51. The number of para-hydroxylation sites is 1. The average Bonchev–Trinajstić information content (AvgIpc) is 3.92. The van der Waals surface area contributed by atoms with E-state index in [2.05, 4.69) is 179 Å². The second-order valence-corrected chi connectivity index (χ2v) is 17.0. The Morgan fingerprint density at radius 1 is 0.369 bits per heavy atom. The molecule has 0 fully saturated rings. The van der Waals surface area contributed by atoms with Crippen LogP contribution in [0.15, 0.2) is 211 Å². The minimum absolute atomic E-state index is 0.154. The topological polar surface area (TPSA) is 67.6 Å². The molecule has 0 radical (unpaired) electrons. The van der Waals surface area contributed by atoms with Crippen LogP contribution in [0.2, 0.25) is 5.28 Å². The van der Waals surface area contributed by atoms with E-state index in [-0.39, 0.29) is 5.28 Å². The van der Waals surface area contributed by atoms with Crippen molar-refractivity contribution in [3.05, 3.63) is 212 Å². The maximum absolute atomic E-state index is 6.89. The molecule has 0 amide bonds. The van der Waals surface area contributed by atoms with Gasteiger partial charge in [0, 0.05) is 49.3 Å². The maximum Gasteiger partial charge on any atom is 0.226 e. The normalized spacial score (nSPS) is 11.8. The van der Waals surface area contributed by atoms with Crippen LogP contribution >= 0.6 is 11.6 Å². The van der Waals surface area contributed by atoms with Crippen molar-refractivity contribution >= 4 is 76.9 Å². The average molecular weight is 851 g/mol. The molecule has 13 rings (SSSR count). The molecule has 3 heterocycles. The monoisotopic (exact) mass is 850 g/mol. The molecule has 0 bridgehead atoms. The predicted molar refractivity (Wildman–Crippen MR) is 269 cm³/mol. The van der Waals surface area contributed by atoms with Crippen molar-refractivity contribution < 1.29 is 4.42 Å². The van der Waals surface area contributed by atoms with Gasteiger partial charge in [0.2, 0.25) is 5.28 Å². The number of rotatable bonds is 6. The number of H-pyrrole nitrogens is 1. The van der Waals surface area contributed by atoms with Gasteiger partial charge in [-0.25, -0.2) is 4.98 Å². The van der Waals surface area contributed by atoms with Gasteiger partial charge in [-0.3, -0.25) is 0 Å². The van der Waals surface area contributed by atoms with Crippen molar-refractivity contribution in [1.29, 1.82) is 0 Å². The van der Waals surface area contributed by atoms with E-state index in [1.807, 2.05) is 42.5 Å². The van der Waals surface area contributed by atoms with Crippen LogP contribution in [0.3, 0.4) is 0 Å². The van der Waals surface area contributed by atoms with E-state index in [9.17, 15) is 0 Å². The fourth-order valence-corrected chi connectivity index (χ4v) is 9.74. The first kappa shape index (κ1) is 37.2. The number of benzene rings is 10. The van der Waals surface area contributed by atoms with Crippen LogP contribution in [0.5, 0.6) is 0 Å². The molecule has 0 aliphatic carbocycles. The van der Waals surface area contributed by atoms with Gasteiger partial charge in [-0.15, -0.1) is 0 Å². The third-order valence-electron chi connectivity index (χ3n) is 12.8. The molecule has 5 nitrogen and oxygen atoms in total. The molecule has 0 aliphatic rings. The van der Waals surface area contributed by atoms with E-state index in [1.165, 1.54) is 26.9 Å². The van der Waals surface area contributed by atoms with E-state index < -0.39 is 0 Å². The lowest BCUT2D eigenvalue weighted by Crippen LogP contribution is -1.97. The van der Waals surface area contributed by atoms with Gasteiger partial charge in [0.25, 0.3) is 0 Å². The summed E-state index contributed by atoms with van der Waals surface area (Å²) in [5.41, 5.74) is 14.6. The quantitative estimate of drug-likeness (QED) is 0.181. The fourth-order valence-electron chi connectivity index (χ4n) is 9.58. The van der Waals surface area contributed by atoms with Gasteiger partial charge in [0.05, 0.1) is 5.52 Å². The van der Waals surface area contributed by atoms with Gasteiger partial charge in [-0.1, -0.05) is 170 Å². The lowest BCUT2D eigenvalue weighted by atomic mass is 9.93. The molecule has 0 atom stereocenters. The highest BCUT2D eigenvalue weighted by molar-refractivity contribution is 6.28. The minimum Gasteiger partial charge on any atom is -0.455 e. The highest BCUT2D eigenvalue weighted by atomic mass is 35.5. The van der Waals surface area contributed by atoms with E-state index in [0.29, 0.717) is 11.6 Å². The molecule has 304 valence electrons. The van der Waals surface area contributed by atoms with Crippen LogP contribution in [0.1, 0.15) is 0 Å². The van der Waals surface area contributed by atoms with Crippen molar-refractivity contribution in [1.82, 2.24) is 19.9 Å². The van der Waals surface area contributed by atoms with Gasteiger partial charge in [-0.05, 0) is 103 Å². The van der Waals surface area contributed by atoms with Gasteiger partial charge in [0.1, 0.15) is 11.2 Å². The van der Waals surface area contributed by atoms with Gasteiger partial charge >= 0.3 is 0 Å². The van der Waals surface area contributed by atoms with Crippen molar-refractivity contribution in [3.63, 3.8) is 0 Å². The summed E-state index contributed by atoms with van der Waals surface area (Å²) in [5.74, 6) is 1.05. The molecule has 0 saturated carbocycles. The second-order valence-electron chi connectivity index (χ2n) is 16.6. The first-order chi connectivity index (χ1) is 32.1. The van der Waals surface area contributed by atoms with Crippen molar-refractivity contribution in [2.24, 2.45) is 0 Å². The number of hydrogen-bond donors (Lipinski definition) is 1. The zero-order valence-electron chi connectivity index (χ0n) is 34.8. The number of fused-ring (bicyclic) bond motifs is 8. The third-order valence-corrected chi connectivity index (χ3v) is 13.0. The number of aromatic nitrogens is 4. The number of nitrogens with zero attached hydrogens (tertiary/aromatic N) is 3. The van der Waals surface area contributed by atoms with E-state index in [0.717, 1.165) is 94.0 Å². The molecule has 0 unspecified atom stereocenters. The minimum atomic E-state index is 0.154. The Morgan fingerprint density at radius 3 is 1.66 bits per heavy atom. The predicted octanol–water partition coefficient (Wildman–Crippen LogP) is 16.4. The van der Waals surface area contributed by atoms with Gasteiger partial charge in [0.15, 0.2) is 11.6 Å². The lowest BCUT2D eigenvalue weighted by Gasteiger charge is -2.10. The van der Waals surface area contributed by atoms with Crippen molar-refractivity contribution in [2.45, 2.75) is 0 Å². The number of hydrogen-bond acceptors (Lipinski definition) is 4. The Bertz CT molecular complexity index is 4000. The second kappa shape index (κ2) is 14.9. The Morgan fingerprint density at radius 2 is 0.908 bits per heavy atom. The summed E-state index contributed by atoms with van der Waals surface area (Å²) in [5, 5.41) is 9.51. The molecule has 1 N–H and O–H groups in total. The molecular formula is C59H35ClN4O. The molecule has 6 heteroatoms. The van der Waals surface area contributed by atoms with Crippen molar-refractivity contribution in [2.75, 3.05) is 0 Å². The number of nitrogens with one attached hydrogen (secondary N) is 1. The van der Waals surface area contributed by atoms with Crippen LogP contribution < -0.4 is 0 Å². The van der Waals surface area contributed by atoms with Crippen LogP contribution in [-0.2, 0) is 0 Å². The summed E-state index contributed by atoms with van der Waals surface area (Å²) in [4.78, 5) is 17.6. The Labute approximate surface area is 378 Å². The molecule has 0 saturated heterocycles. The zero-order chi connectivity index (χ0) is 43.0. The maximum atomic E-state index is 6.89. The standard InChI is InChI=1S/C59H35ClN4O/c60-59-63-57(38-24-20-36(21-25-38)35-10-2-1-3-11-35)62-58(64-59)39-26-22-37(23-27-39)40-15-8-16-41(30-40)44-28-29-53-50(32-44)51-33-45-14-6-7-17-46(45)54(56(51)65-53)48-19-9-18-47-49-31-42-12-4-5-13-43(42)34-52(49)61-55(47)48/h1-34,61H. The Hall–Kier alpha value is -8.38. The zero-order valence-corrected chi connectivity index (χ0v) is 35.5. The summed E-state index contributed by atoms with van der Waals surface area (Å²) in [6.07, 6.45) is 0. The van der Waals surface area contributed by atoms with E-state index in [4.69, 9.17) is 21.0 Å². The number of furan rings is 1. The first-order valence-corrected chi connectivity index (χ1v) is 22.1. The lowest BCUT2D eigenvalue weighted by molar-refractivity contribution is 0.670. The first-order valence-electron chi connectivity index (χ1n) is 21.7. The summed E-state index contributed by atoms with van der Waals surface area (Å²) in [6.45, 7) is 0. The van der Waals surface area contributed by atoms with Crippen LogP contribution in [0.25, 0.3) is 133 Å². The molecule has 0 aliphatic heterocycles. The molecule has 10 aromatic carbocycles. The molecule has 65 heavy (non-hydrogen) atoms. The van der Waals surface area contributed by atoms with Crippen LogP contribution in [-0.4, -0.2) is 19.9 Å². The molecule has 0 spiro atoms. The smallest absolute Gasteiger partial charge is 0.226 e. The van der Waals surface area contributed by atoms with Gasteiger partial charge in [-0.2, -0.15) is 9.97 Å². The summed E-state index contributed by atoms with van der Waals surface area (Å²) < 4.78 is 6.89. The fraction of sp³-hybridized carbons (Fsp3) is 0. The summed E-state index contributed by atoms with van der Waals surface area (Å²) in [7, 11) is 0. The van der Waals surface area contributed by atoms with Crippen LogP contribution in [0, 0.1) is 0 Å². The molecule has 3 aromatic heterocycles. The highest BCUT2D eigenvalue weighted by Gasteiger charge is 2.20. The highest BCUT2D eigenvalue weighted by Crippen LogP contribution is 2.45.